The maximum atomic E-state index is 13.0. The summed E-state index contributed by atoms with van der Waals surface area (Å²) in [6, 6.07) is 23.2. The average Bonchev–Trinajstić information content (AvgIpc) is 3.00. The smallest absolute Gasteiger partial charge is 0.300 e. The van der Waals surface area contributed by atoms with E-state index in [1.54, 1.807) is 12.1 Å². The molecule has 144 valence electrons. The van der Waals surface area contributed by atoms with Gasteiger partial charge in [0.2, 0.25) is 0 Å². The van der Waals surface area contributed by atoms with Gasteiger partial charge in [0.05, 0.1) is 11.6 Å². The zero-order valence-electron chi connectivity index (χ0n) is 15.7. The molecule has 1 heterocycles. The summed E-state index contributed by atoms with van der Waals surface area (Å²) in [5, 5.41) is 11.0. The fourth-order valence-electron chi connectivity index (χ4n) is 3.52. The minimum absolute atomic E-state index is 0.101. The quantitative estimate of drug-likeness (QED) is 0.235. The van der Waals surface area contributed by atoms with E-state index in [2.05, 4.69) is 22.6 Å². The Hall–Kier alpha value is -2.93. The summed E-state index contributed by atoms with van der Waals surface area (Å²) >= 11 is 2.19. The first kappa shape index (κ1) is 19.4. The Morgan fingerprint density at radius 1 is 0.897 bits per heavy atom. The zero-order chi connectivity index (χ0) is 20.5. The van der Waals surface area contributed by atoms with Crippen molar-refractivity contribution in [1.29, 1.82) is 0 Å². The van der Waals surface area contributed by atoms with Crippen molar-refractivity contribution >= 4 is 45.7 Å². The maximum Gasteiger partial charge on any atom is 0.300 e. The third kappa shape index (κ3) is 3.58. The highest BCUT2D eigenvalue weighted by atomic mass is 127. The lowest BCUT2D eigenvalue weighted by molar-refractivity contribution is -0.132. The standard InChI is InChI=1S/C24H18INO3/c1-15-7-9-17(10-8-15)22(27)20-21(16-5-3-2-4-6-16)26(24(29)23(20)28)19-13-11-18(25)12-14-19/h2-14,21,27H,1H3/b22-20-. The number of aliphatic hydroxyl groups is 1. The first-order valence-electron chi connectivity index (χ1n) is 9.16. The summed E-state index contributed by atoms with van der Waals surface area (Å²) in [7, 11) is 0. The molecule has 29 heavy (non-hydrogen) atoms. The Morgan fingerprint density at radius 2 is 1.52 bits per heavy atom. The lowest BCUT2D eigenvalue weighted by atomic mass is 9.95. The number of hydrogen-bond acceptors (Lipinski definition) is 3. The molecule has 4 rings (SSSR count). The van der Waals surface area contributed by atoms with Crippen LogP contribution in [-0.2, 0) is 9.59 Å². The van der Waals surface area contributed by atoms with Crippen molar-refractivity contribution in [2.75, 3.05) is 4.90 Å². The molecule has 0 aliphatic carbocycles. The number of aliphatic hydroxyl groups excluding tert-OH is 1. The second kappa shape index (κ2) is 7.83. The summed E-state index contributed by atoms with van der Waals surface area (Å²) in [6.07, 6.45) is 0. The molecule has 4 nitrogen and oxygen atoms in total. The molecule has 1 fully saturated rings. The summed E-state index contributed by atoms with van der Waals surface area (Å²) in [4.78, 5) is 27.5. The fraction of sp³-hybridized carbons (Fsp3) is 0.0833. The molecule has 1 aliphatic rings. The molecule has 0 radical (unpaired) electrons. The molecule has 0 spiro atoms. The van der Waals surface area contributed by atoms with Gasteiger partial charge in [-0.2, -0.15) is 0 Å². The zero-order valence-corrected chi connectivity index (χ0v) is 17.8. The highest BCUT2D eigenvalue weighted by Gasteiger charge is 2.46. The van der Waals surface area contributed by atoms with Gasteiger partial charge in [0.1, 0.15) is 5.76 Å². The second-order valence-corrected chi connectivity index (χ2v) is 8.17. The van der Waals surface area contributed by atoms with Crippen molar-refractivity contribution in [2.45, 2.75) is 13.0 Å². The molecular formula is C24H18INO3. The van der Waals surface area contributed by atoms with Crippen LogP contribution in [0, 0.1) is 10.5 Å². The van der Waals surface area contributed by atoms with Gasteiger partial charge >= 0.3 is 0 Å². The summed E-state index contributed by atoms with van der Waals surface area (Å²) in [5.74, 6) is -1.49. The molecule has 3 aromatic rings. The normalized spacial score (nSPS) is 18.3. The van der Waals surface area contributed by atoms with Crippen LogP contribution in [-0.4, -0.2) is 16.8 Å². The van der Waals surface area contributed by atoms with Gasteiger partial charge in [0.25, 0.3) is 11.7 Å². The van der Waals surface area contributed by atoms with Crippen LogP contribution in [0.3, 0.4) is 0 Å². The number of amides is 1. The largest absolute Gasteiger partial charge is 0.507 e. The van der Waals surface area contributed by atoms with Gasteiger partial charge in [-0.3, -0.25) is 14.5 Å². The number of carbonyl (C=O) groups is 2. The van der Waals surface area contributed by atoms with Gasteiger partial charge in [0, 0.05) is 14.8 Å². The van der Waals surface area contributed by atoms with Crippen molar-refractivity contribution < 1.29 is 14.7 Å². The van der Waals surface area contributed by atoms with Crippen molar-refractivity contribution in [3.8, 4) is 0 Å². The molecule has 0 aromatic heterocycles. The number of halogens is 1. The van der Waals surface area contributed by atoms with E-state index in [1.165, 1.54) is 4.90 Å². The van der Waals surface area contributed by atoms with Crippen LogP contribution in [0.2, 0.25) is 0 Å². The third-order valence-corrected chi connectivity index (χ3v) is 5.71. The Morgan fingerprint density at radius 3 is 2.14 bits per heavy atom. The van der Waals surface area contributed by atoms with Gasteiger partial charge < -0.3 is 5.11 Å². The average molecular weight is 495 g/mol. The highest BCUT2D eigenvalue weighted by molar-refractivity contribution is 14.1. The molecule has 1 N–H and O–H groups in total. The minimum Gasteiger partial charge on any atom is -0.507 e. The summed E-state index contributed by atoms with van der Waals surface area (Å²) in [5.41, 5.74) is 3.03. The lowest BCUT2D eigenvalue weighted by Crippen LogP contribution is -2.29. The number of aryl methyl sites for hydroxylation is 1. The van der Waals surface area contributed by atoms with E-state index in [9.17, 15) is 14.7 Å². The van der Waals surface area contributed by atoms with Gasteiger partial charge in [0.15, 0.2) is 0 Å². The van der Waals surface area contributed by atoms with E-state index < -0.39 is 17.7 Å². The third-order valence-electron chi connectivity index (χ3n) is 4.99. The second-order valence-electron chi connectivity index (χ2n) is 6.92. The Bertz CT molecular complexity index is 1100. The lowest BCUT2D eigenvalue weighted by Gasteiger charge is -2.25. The number of Topliss-reactive ketones (excluding diaryl/α,β-unsaturated/α-hetero) is 1. The molecule has 0 saturated carbocycles. The van der Waals surface area contributed by atoms with E-state index in [0.717, 1.165) is 14.7 Å². The summed E-state index contributed by atoms with van der Waals surface area (Å²) in [6.45, 7) is 1.95. The number of anilines is 1. The molecule has 3 aromatic carbocycles. The number of hydrogen-bond donors (Lipinski definition) is 1. The minimum atomic E-state index is -0.697. The van der Waals surface area contributed by atoms with E-state index in [0.29, 0.717) is 11.3 Å². The predicted molar refractivity (Wildman–Crippen MR) is 122 cm³/mol. The number of nitrogens with zero attached hydrogens (tertiary/aromatic N) is 1. The van der Waals surface area contributed by atoms with Crippen LogP contribution < -0.4 is 4.90 Å². The SMILES string of the molecule is Cc1ccc(/C(O)=C2/C(=O)C(=O)N(c3ccc(I)cc3)C2c2ccccc2)cc1. The van der Waals surface area contributed by atoms with E-state index in [4.69, 9.17) is 0 Å². The fourth-order valence-corrected chi connectivity index (χ4v) is 3.88. The Balaban J connectivity index is 1.93. The molecule has 1 atom stereocenters. The van der Waals surface area contributed by atoms with E-state index in [1.807, 2.05) is 73.7 Å². The van der Waals surface area contributed by atoms with Gasteiger partial charge in [-0.15, -0.1) is 0 Å². The van der Waals surface area contributed by atoms with Crippen LogP contribution in [0.1, 0.15) is 22.7 Å². The van der Waals surface area contributed by atoms with E-state index in [-0.39, 0.29) is 11.3 Å². The first-order chi connectivity index (χ1) is 14.0. The molecule has 5 heteroatoms. The van der Waals surface area contributed by atoms with Gasteiger partial charge in [-0.05, 0) is 59.3 Å². The highest BCUT2D eigenvalue weighted by Crippen LogP contribution is 2.42. The van der Waals surface area contributed by atoms with Crippen molar-refractivity contribution in [3.63, 3.8) is 0 Å². The monoisotopic (exact) mass is 495 g/mol. The molecule has 1 saturated heterocycles. The molecule has 1 aliphatic heterocycles. The van der Waals surface area contributed by atoms with Crippen molar-refractivity contribution in [1.82, 2.24) is 0 Å². The van der Waals surface area contributed by atoms with Crippen LogP contribution in [0.5, 0.6) is 0 Å². The number of carbonyl (C=O) groups excluding carboxylic acids is 2. The number of benzene rings is 3. The number of ketones is 1. The molecule has 0 bridgehead atoms. The van der Waals surface area contributed by atoms with Gasteiger partial charge in [-0.25, -0.2) is 0 Å². The molecule has 1 amide bonds. The Labute approximate surface area is 182 Å². The molecule has 1 unspecified atom stereocenters. The summed E-state index contributed by atoms with van der Waals surface area (Å²) < 4.78 is 1.03. The van der Waals surface area contributed by atoms with Crippen LogP contribution >= 0.6 is 22.6 Å². The van der Waals surface area contributed by atoms with Crippen LogP contribution in [0.4, 0.5) is 5.69 Å². The number of rotatable bonds is 3. The maximum absolute atomic E-state index is 13.0. The molecular weight excluding hydrogens is 477 g/mol. The van der Waals surface area contributed by atoms with Crippen molar-refractivity contribution in [2.24, 2.45) is 0 Å². The van der Waals surface area contributed by atoms with Crippen LogP contribution in [0.15, 0.2) is 84.4 Å². The van der Waals surface area contributed by atoms with Crippen molar-refractivity contribution in [3.05, 3.63) is 105 Å². The van der Waals surface area contributed by atoms with Crippen LogP contribution in [0.25, 0.3) is 5.76 Å². The first-order valence-corrected chi connectivity index (χ1v) is 10.2. The van der Waals surface area contributed by atoms with Gasteiger partial charge in [-0.1, -0.05) is 60.2 Å². The Kier molecular flexibility index (Phi) is 5.24. The topological polar surface area (TPSA) is 57.6 Å². The predicted octanol–water partition coefficient (Wildman–Crippen LogP) is 5.23. The van der Waals surface area contributed by atoms with E-state index >= 15 is 0 Å².